The van der Waals surface area contributed by atoms with E-state index >= 15 is 0 Å². The standard InChI is InChI=1S/C10H14O6/c11-9(15-5-7-3-13-7)1-2-10(12)16-6-8-4-14-8/h7-8H,1-6H2/t7-,8+. The Morgan fingerprint density at radius 3 is 1.62 bits per heavy atom. The van der Waals surface area contributed by atoms with E-state index in [-0.39, 0.29) is 38.3 Å². The molecule has 2 rings (SSSR count). The molecule has 2 atom stereocenters. The average Bonchev–Trinajstić information content (AvgIpc) is 3.15. The number of esters is 2. The first kappa shape index (κ1) is 11.3. The Labute approximate surface area is 92.8 Å². The Morgan fingerprint density at radius 2 is 1.31 bits per heavy atom. The summed E-state index contributed by atoms with van der Waals surface area (Å²) in [5.74, 6) is -0.787. The molecule has 16 heavy (non-hydrogen) atoms. The topological polar surface area (TPSA) is 77.7 Å². The van der Waals surface area contributed by atoms with Crippen LogP contribution in [0.3, 0.4) is 0 Å². The molecule has 2 aliphatic rings. The largest absolute Gasteiger partial charge is 0.463 e. The Hall–Kier alpha value is -1.14. The zero-order valence-corrected chi connectivity index (χ0v) is 8.85. The summed E-state index contributed by atoms with van der Waals surface area (Å²) in [5, 5.41) is 0. The molecule has 0 amide bonds. The Kier molecular flexibility index (Phi) is 3.74. The van der Waals surface area contributed by atoms with Gasteiger partial charge in [0.1, 0.15) is 25.4 Å². The van der Waals surface area contributed by atoms with Gasteiger partial charge in [-0.05, 0) is 0 Å². The third kappa shape index (κ3) is 4.59. The van der Waals surface area contributed by atoms with Crippen LogP contribution in [0.25, 0.3) is 0 Å². The fraction of sp³-hybridized carbons (Fsp3) is 0.800. The van der Waals surface area contributed by atoms with Crippen molar-refractivity contribution in [3.63, 3.8) is 0 Å². The number of epoxide rings is 2. The first-order chi connectivity index (χ1) is 7.74. The molecule has 6 heteroatoms. The summed E-state index contributed by atoms with van der Waals surface area (Å²) in [6.07, 6.45) is 0.222. The van der Waals surface area contributed by atoms with Gasteiger partial charge >= 0.3 is 11.9 Å². The molecule has 0 aromatic carbocycles. The lowest BCUT2D eigenvalue weighted by Gasteiger charge is -2.03. The second-order valence-corrected chi connectivity index (χ2v) is 3.78. The lowest BCUT2D eigenvalue weighted by Crippen LogP contribution is -2.14. The van der Waals surface area contributed by atoms with Gasteiger partial charge in [-0.1, -0.05) is 0 Å². The van der Waals surface area contributed by atoms with Gasteiger partial charge < -0.3 is 18.9 Å². The van der Waals surface area contributed by atoms with Crippen LogP contribution in [0.5, 0.6) is 0 Å². The highest BCUT2D eigenvalue weighted by molar-refractivity contribution is 5.77. The van der Waals surface area contributed by atoms with Crippen LogP contribution in [0.1, 0.15) is 12.8 Å². The second-order valence-electron chi connectivity index (χ2n) is 3.78. The van der Waals surface area contributed by atoms with Crippen LogP contribution in [-0.4, -0.2) is 50.6 Å². The van der Waals surface area contributed by atoms with Gasteiger partial charge in [0.2, 0.25) is 0 Å². The minimum atomic E-state index is -0.393. The molecule has 6 nitrogen and oxygen atoms in total. The molecule has 0 spiro atoms. The summed E-state index contributed by atoms with van der Waals surface area (Å²) in [6.45, 7) is 1.86. The van der Waals surface area contributed by atoms with Crippen LogP contribution in [0.2, 0.25) is 0 Å². The van der Waals surface area contributed by atoms with E-state index in [1.165, 1.54) is 0 Å². The molecular weight excluding hydrogens is 216 g/mol. The zero-order valence-electron chi connectivity index (χ0n) is 8.85. The van der Waals surface area contributed by atoms with Crippen molar-refractivity contribution in [3.05, 3.63) is 0 Å². The normalized spacial score (nSPS) is 26.0. The van der Waals surface area contributed by atoms with Crippen LogP contribution in [0, 0.1) is 0 Å². The summed E-state index contributed by atoms with van der Waals surface area (Å²) in [4.78, 5) is 22.2. The maximum absolute atomic E-state index is 11.1. The van der Waals surface area contributed by atoms with Gasteiger partial charge in [-0.3, -0.25) is 9.59 Å². The number of hydrogen-bond acceptors (Lipinski definition) is 6. The predicted octanol–water partition coefficient (Wildman–Crippen LogP) is -0.349. The Bertz CT molecular complexity index is 240. The smallest absolute Gasteiger partial charge is 0.306 e. The maximum Gasteiger partial charge on any atom is 0.306 e. The van der Waals surface area contributed by atoms with Crippen LogP contribution < -0.4 is 0 Å². The molecule has 0 unspecified atom stereocenters. The van der Waals surface area contributed by atoms with Gasteiger partial charge in [0.05, 0.1) is 26.1 Å². The number of ether oxygens (including phenoxy) is 4. The van der Waals surface area contributed by atoms with Crippen LogP contribution in [0.4, 0.5) is 0 Å². The second kappa shape index (κ2) is 5.27. The summed E-state index contributed by atoms with van der Waals surface area (Å²) < 4.78 is 19.5. The Morgan fingerprint density at radius 1 is 0.938 bits per heavy atom. The first-order valence-electron chi connectivity index (χ1n) is 5.28. The fourth-order valence-electron chi connectivity index (χ4n) is 1.05. The number of hydrogen-bond donors (Lipinski definition) is 0. The Balaban J connectivity index is 1.47. The van der Waals surface area contributed by atoms with Crippen molar-refractivity contribution in [2.75, 3.05) is 26.4 Å². The molecule has 0 aromatic rings. The van der Waals surface area contributed by atoms with Gasteiger partial charge in [-0.15, -0.1) is 0 Å². The molecule has 0 N–H and O–H groups in total. The van der Waals surface area contributed by atoms with E-state index in [1.807, 2.05) is 0 Å². The summed E-state index contributed by atoms with van der Waals surface area (Å²) in [5.41, 5.74) is 0. The number of rotatable bonds is 7. The number of carbonyl (C=O) groups excluding carboxylic acids is 2. The monoisotopic (exact) mass is 230 g/mol. The lowest BCUT2D eigenvalue weighted by molar-refractivity contribution is -0.150. The van der Waals surface area contributed by atoms with Gasteiger partial charge in [0.25, 0.3) is 0 Å². The van der Waals surface area contributed by atoms with Crippen molar-refractivity contribution < 1.29 is 28.5 Å². The average molecular weight is 230 g/mol. The van der Waals surface area contributed by atoms with E-state index < -0.39 is 11.9 Å². The van der Waals surface area contributed by atoms with Crippen LogP contribution in [0.15, 0.2) is 0 Å². The van der Waals surface area contributed by atoms with Crippen LogP contribution in [-0.2, 0) is 28.5 Å². The molecule has 2 fully saturated rings. The lowest BCUT2D eigenvalue weighted by atomic mass is 10.3. The van der Waals surface area contributed by atoms with Crippen molar-refractivity contribution in [2.24, 2.45) is 0 Å². The fourth-order valence-corrected chi connectivity index (χ4v) is 1.05. The zero-order chi connectivity index (χ0) is 11.4. The molecule has 0 aromatic heterocycles. The van der Waals surface area contributed by atoms with Crippen molar-refractivity contribution in [1.29, 1.82) is 0 Å². The molecule has 90 valence electrons. The molecular formula is C10H14O6. The highest BCUT2D eigenvalue weighted by Crippen LogP contribution is 2.10. The van der Waals surface area contributed by atoms with E-state index in [0.717, 1.165) is 0 Å². The van der Waals surface area contributed by atoms with Gasteiger partial charge in [0.15, 0.2) is 0 Å². The van der Waals surface area contributed by atoms with Crippen LogP contribution >= 0.6 is 0 Å². The highest BCUT2D eigenvalue weighted by atomic mass is 16.6. The van der Waals surface area contributed by atoms with E-state index in [2.05, 4.69) is 0 Å². The number of carbonyl (C=O) groups is 2. The molecule has 0 aliphatic carbocycles. The quantitative estimate of drug-likeness (QED) is 0.439. The predicted molar refractivity (Wildman–Crippen MR) is 50.6 cm³/mol. The van der Waals surface area contributed by atoms with Crippen molar-refractivity contribution in [3.8, 4) is 0 Å². The van der Waals surface area contributed by atoms with Gasteiger partial charge in [-0.25, -0.2) is 0 Å². The highest BCUT2D eigenvalue weighted by Gasteiger charge is 2.25. The van der Waals surface area contributed by atoms with Crippen molar-refractivity contribution in [1.82, 2.24) is 0 Å². The minimum absolute atomic E-state index is 0.0527. The van der Waals surface area contributed by atoms with E-state index in [9.17, 15) is 9.59 Å². The molecule has 0 radical (unpaired) electrons. The summed E-state index contributed by atoms with van der Waals surface area (Å²) in [6, 6.07) is 0. The minimum Gasteiger partial charge on any atom is -0.463 e. The third-order valence-corrected chi connectivity index (χ3v) is 2.20. The SMILES string of the molecule is O=C(CCC(=O)OC[C@H]1CO1)OC[C@@H]1CO1. The van der Waals surface area contributed by atoms with Gasteiger partial charge in [0, 0.05) is 0 Å². The van der Waals surface area contributed by atoms with E-state index in [1.54, 1.807) is 0 Å². The molecule has 2 heterocycles. The molecule has 2 saturated heterocycles. The molecule has 0 saturated carbocycles. The van der Waals surface area contributed by atoms with Gasteiger partial charge in [-0.2, -0.15) is 0 Å². The first-order valence-corrected chi connectivity index (χ1v) is 5.28. The summed E-state index contributed by atoms with van der Waals surface area (Å²) in [7, 11) is 0. The molecule has 0 bridgehead atoms. The third-order valence-electron chi connectivity index (χ3n) is 2.20. The van der Waals surface area contributed by atoms with E-state index in [0.29, 0.717) is 13.2 Å². The molecule has 2 aliphatic heterocycles. The maximum atomic E-state index is 11.1. The summed E-state index contributed by atoms with van der Waals surface area (Å²) >= 11 is 0. The van der Waals surface area contributed by atoms with E-state index in [4.69, 9.17) is 18.9 Å². The van der Waals surface area contributed by atoms with Crippen molar-refractivity contribution >= 4 is 11.9 Å². The van der Waals surface area contributed by atoms with Crippen molar-refractivity contribution in [2.45, 2.75) is 25.0 Å².